The van der Waals surface area contributed by atoms with Crippen LogP contribution in [0.5, 0.6) is 0 Å². The fourth-order valence-corrected chi connectivity index (χ4v) is 3.57. The number of hydrogen-bond acceptors (Lipinski definition) is 2. The van der Waals surface area contributed by atoms with Crippen molar-refractivity contribution in [3.05, 3.63) is 108 Å². The zero-order valence-corrected chi connectivity index (χ0v) is 17.2. The van der Waals surface area contributed by atoms with E-state index in [2.05, 4.69) is 40.2 Å². The van der Waals surface area contributed by atoms with Gasteiger partial charge in [-0.1, -0.05) is 66.7 Å². The Kier molecular flexibility index (Phi) is 6.53. The van der Waals surface area contributed by atoms with E-state index in [1.54, 1.807) is 12.1 Å². The molecule has 0 saturated carbocycles. The molecule has 1 amide bonds. The van der Waals surface area contributed by atoms with Gasteiger partial charge in [-0.2, -0.15) is 0 Å². The van der Waals surface area contributed by atoms with Gasteiger partial charge in [-0.05, 0) is 36.2 Å². The van der Waals surface area contributed by atoms with Gasteiger partial charge in [-0.15, -0.1) is 0 Å². The second-order valence-electron chi connectivity index (χ2n) is 7.28. The molecular weight excluding hydrogens is 389 g/mol. The molecule has 0 unspecified atom stereocenters. The highest BCUT2D eigenvalue weighted by molar-refractivity contribution is 5.94. The van der Waals surface area contributed by atoms with Gasteiger partial charge in [0, 0.05) is 19.5 Å². The zero-order chi connectivity index (χ0) is 21.5. The van der Waals surface area contributed by atoms with Gasteiger partial charge >= 0.3 is 0 Å². The maximum absolute atomic E-state index is 13.7. The molecule has 3 aromatic carbocycles. The third-order valence-electron chi connectivity index (χ3n) is 5.11. The van der Waals surface area contributed by atoms with Crippen LogP contribution >= 0.6 is 0 Å². The fourth-order valence-electron chi connectivity index (χ4n) is 3.57. The molecule has 1 aromatic heterocycles. The lowest BCUT2D eigenvalue weighted by Gasteiger charge is -2.08. The van der Waals surface area contributed by atoms with Crippen molar-refractivity contribution in [2.75, 3.05) is 6.54 Å². The number of hydrogen-bond donors (Lipinski definition) is 1. The maximum atomic E-state index is 13.7. The first-order valence-electron chi connectivity index (χ1n) is 10.4. The van der Waals surface area contributed by atoms with Gasteiger partial charge in [0.2, 0.25) is 0 Å². The summed E-state index contributed by atoms with van der Waals surface area (Å²) in [6, 6.07) is 24.3. The Morgan fingerprint density at radius 1 is 0.968 bits per heavy atom. The second-order valence-corrected chi connectivity index (χ2v) is 7.28. The first-order chi connectivity index (χ1) is 15.2. The van der Waals surface area contributed by atoms with Crippen molar-refractivity contribution < 1.29 is 9.18 Å². The minimum Gasteiger partial charge on any atom is -0.352 e. The maximum Gasteiger partial charge on any atom is 0.254 e. The molecule has 0 radical (unpaired) electrons. The van der Waals surface area contributed by atoms with Gasteiger partial charge in [0.15, 0.2) is 0 Å². The molecule has 4 nitrogen and oxygen atoms in total. The number of aryl methyl sites for hydroxylation is 1. The summed E-state index contributed by atoms with van der Waals surface area (Å²) in [4.78, 5) is 17.0. The van der Waals surface area contributed by atoms with Gasteiger partial charge in [0.05, 0.1) is 16.6 Å². The number of benzene rings is 3. The third-order valence-corrected chi connectivity index (χ3v) is 5.11. The topological polar surface area (TPSA) is 46.9 Å². The van der Waals surface area contributed by atoms with Crippen LogP contribution in [-0.4, -0.2) is 22.0 Å². The number of amides is 1. The van der Waals surface area contributed by atoms with Crippen LogP contribution in [0.15, 0.2) is 84.9 Å². The van der Waals surface area contributed by atoms with E-state index in [9.17, 15) is 9.18 Å². The highest BCUT2D eigenvalue weighted by atomic mass is 19.1. The van der Waals surface area contributed by atoms with Crippen LogP contribution in [0.2, 0.25) is 0 Å². The van der Waals surface area contributed by atoms with Crippen LogP contribution in [-0.2, 0) is 13.0 Å². The lowest BCUT2D eigenvalue weighted by molar-refractivity contribution is 0.0949. The Labute approximate surface area is 181 Å². The van der Waals surface area contributed by atoms with Gasteiger partial charge in [-0.3, -0.25) is 4.79 Å². The number of carbonyl (C=O) groups excluding carboxylic acids is 1. The number of halogens is 1. The van der Waals surface area contributed by atoms with Crippen molar-refractivity contribution in [1.29, 1.82) is 0 Å². The first kappa shape index (κ1) is 20.5. The van der Waals surface area contributed by atoms with Crippen LogP contribution in [0.4, 0.5) is 4.39 Å². The van der Waals surface area contributed by atoms with Crippen molar-refractivity contribution in [3.8, 4) is 0 Å². The standard InChI is InChI=1S/C26H24FN3O/c27-22-14-5-4-13-21(22)26(31)28-18-8-17-25-29-23-15-6-7-16-24(23)30(25)19-9-12-20-10-2-1-3-11-20/h1-7,9-16H,8,17-19H2,(H,28,31)/b12-9+. The highest BCUT2D eigenvalue weighted by Gasteiger charge is 2.12. The quantitative estimate of drug-likeness (QED) is 0.401. The number of nitrogens with one attached hydrogen (secondary N) is 1. The predicted octanol–water partition coefficient (Wildman–Crippen LogP) is 5.25. The normalized spacial score (nSPS) is 11.3. The van der Waals surface area contributed by atoms with Crippen molar-refractivity contribution >= 4 is 23.0 Å². The van der Waals surface area contributed by atoms with E-state index in [0.29, 0.717) is 25.9 Å². The predicted molar refractivity (Wildman–Crippen MR) is 122 cm³/mol. The number of rotatable bonds is 8. The Hall–Kier alpha value is -3.73. The highest BCUT2D eigenvalue weighted by Crippen LogP contribution is 2.17. The van der Waals surface area contributed by atoms with Gasteiger partial charge < -0.3 is 9.88 Å². The van der Waals surface area contributed by atoms with Crippen molar-refractivity contribution in [3.63, 3.8) is 0 Å². The van der Waals surface area contributed by atoms with Gasteiger partial charge in [0.1, 0.15) is 11.6 Å². The number of imidazole rings is 1. The molecule has 156 valence electrons. The second kappa shape index (κ2) is 9.85. The molecule has 0 atom stereocenters. The summed E-state index contributed by atoms with van der Waals surface area (Å²) in [6.07, 6.45) is 5.66. The molecule has 31 heavy (non-hydrogen) atoms. The molecular formula is C26H24FN3O. The summed E-state index contributed by atoms with van der Waals surface area (Å²) >= 11 is 0. The minimum atomic E-state index is -0.507. The molecule has 1 N–H and O–H groups in total. The third kappa shape index (κ3) is 5.07. The van der Waals surface area contributed by atoms with E-state index in [-0.39, 0.29) is 5.56 Å². The molecule has 1 heterocycles. The van der Waals surface area contributed by atoms with Crippen LogP contribution in [0.25, 0.3) is 17.1 Å². The molecule has 0 aliphatic rings. The average Bonchev–Trinajstić information content (AvgIpc) is 3.15. The minimum absolute atomic E-state index is 0.0702. The zero-order valence-electron chi connectivity index (χ0n) is 17.2. The largest absolute Gasteiger partial charge is 0.352 e. The van der Waals surface area contributed by atoms with Gasteiger partial charge in [-0.25, -0.2) is 9.37 Å². The molecule has 4 rings (SSSR count). The molecule has 0 aliphatic heterocycles. The van der Waals surface area contributed by atoms with Crippen molar-refractivity contribution in [1.82, 2.24) is 14.9 Å². The van der Waals surface area contributed by atoms with E-state index in [1.807, 2.05) is 36.4 Å². The Morgan fingerprint density at radius 3 is 2.55 bits per heavy atom. The Bertz CT molecular complexity index is 1200. The number of fused-ring (bicyclic) bond motifs is 1. The summed E-state index contributed by atoms with van der Waals surface area (Å²) in [5, 5.41) is 2.80. The average molecular weight is 413 g/mol. The molecule has 5 heteroatoms. The SMILES string of the molecule is O=C(NCCCc1nc2ccccc2n1C/C=C/c1ccccc1)c1ccccc1F. The van der Waals surface area contributed by atoms with E-state index in [4.69, 9.17) is 4.98 Å². The Balaban J connectivity index is 1.41. The number of aromatic nitrogens is 2. The van der Waals surface area contributed by atoms with Gasteiger partial charge in [0.25, 0.3) is 5.91 Å². The van der Waals surface area contributed by atoms with Crippen molar-refractivity contribution in [2.24, 2.45) is 0 Å². The molecule has 0 saturated heterocycles. The lowest BCUT2D eigenvalue weighted by Crippen LogP contribution is -2.25. The summed E-state index contributed by atoms with van der Waals surface area (Å²) in [7, 11) is 0. The summed E-state index contributed by atoms with van der Waals surface area (Å²) in [6.45, 7) is 1.17. The molecule has 0 bridgehead atoms. The molecule has 0 fully saturated rings. The number of allylic oxidation sites excluding steroid dienone is 1. The number of carbonyl (C=O) groups is 1. The summed E-state index contributed by atoms with van der Waals surface area (Å²) in [5.74, 6) is 0.0726. The molecule has 0 spiro atoms. The van der Waals surface area contributed by atoms with E-state index < -0.39 is 11.7 Å². The Morgan fingerprint density at radius 2 is 1.71 bits per heavy atom. The van der Waals surface area contributed by atoms with Crippen LogP contribution in [0.3, 0.4) is 0 Å². The van der Waals surface area contributed by atoms with Crippen LogP contribution < -0.4 is 5.32 Å². The summed E-state index contributed by atoms with van der Waals surface area (Å²) < 4.78 is 15.9. The monoisotopic (exact) mass is 413 g/mol. The lowest BCUT2D eigenvalue weighted by atomic mass is 10.2. The van der Waals surface area contributed by atoms with E-state index in [1.165, 1.54) is 12.1 Å². The summed E-state index contributed by atoms with van der Waals surface area (Å²) in [5.41, 5.74) is 3.27. The van der Waals surface area contributed by atoms with E-state index >= 15 is 0 Å². The number of nitrogens with zero attached hydrogens (tertiary/aromatic N) is 2. The fraction of sp³-hybridized carbons (Fsp3) is 0.154. The smallest absolute Gasteiger partial charge is 0.254 e. The van der Waals surface area contributed by atoms with E-state index in [0.717, 1.165) is 22.4 Å². The van der Waals surface area contributed by atoms with Crippen LogP contribution in [0, 0.1) is 5.82 Å². The van der Waals surface area contributed by atoms with Crippen molar-refractivity contribution in [2.45, 2.75) is 19.4 Å². The number of para-hydroxylation sites is 2. The van der Waals surface area contributed by atoms with Crippen LogP contribution in [0.1, 0.15) is 28.2 Å². The molecule has 4 aromatic rings. The first-order valence-corrected chi connectivity index (χ1v) is 10.4. The molecule has 0 aliphatic carbocycles.